The van der Waals surface area contributed by atoms with E-state index in [1.807, 2.05) is 13.8 Å². The molecule has 0 bridgehead atoms. The van der Waals surface area contributed by atoms with Gasteiger partial charge in [-0.15, -0.1) is 0 Å². The Balaban J connectivity index is 4.02. The average molecular weight is 274 g/mol. The Labute approximate surface area is 99.7 Å². The van der Waals surface area contributed by atoms with Crippen molar-refractivity contribution in [3.63, 3.8) is 0 Å². The smallest absolute Gasteiger partial charge is 0.313 e. The maximum atomic E-state index is 12.1. The molecule has 0 aromatic carbocycles. The minimum atomic E-state index is -2.47. The zero-order chi connectivity index (χ0) is 11.0. The molecule has 0 aliphatic rings. The van der Waals surface area contributed by atoms with Gasteiger partial charge in [-0.2, -0.15) is 11.8 Å². The van der Waals surface area contributed by atoms with Gasteiger partial charge in [-0.25, -0.2) is 0 Å². The highest BCUT2D eigenvalue weighted by atomic mass is 33.1. The van der Waals surface area contributed by atoms with Gasteiger partial charge in [-0.3, -0.25) is 4.57 Å². The average Bonchev–Trinajstić information content (AvgIpc) is 2.15. The quantitative estimate of drug-likeness (QED) is 0.612. The number of hydrogen-bond acceptors (Lipinski definition) is 5. The monoisotopic (exact) mass is 274 g/mol. The molecule has 2 atom stereocenters. The Morgan fingerprint density at radius 1 is 1.36 bits per heavy atom. The Hall–Kier alpha value is 1.24. The second kappa shape index (κ2) is 8.40. The first-order valence-electron chi connectivity index (χ1n) is 4.64. The normalized spacial score (nSPS) is 17.7. The Morgan fingerprint density at radius 2 is 2.00 bits per heavy atom. The van der Waals surface area contributed by atoms with Gasteiger partial charge in [-0.05, 0) is 13.2 Å². The molecule has 0 rings (SSSR count). The predicted octanol–water partition coefficient (Wildman–Crippen LogP) is 4.37. The molecule has 0 heterocycles. The number of thioether (sulfide) groups is 1. The fourth-order valence-corrected chi connectivity index (χ4v) is 8.63. The second-order valence-electron chi connectivity index (χ2n) is 2.62. The molecule has 0 aliphatic carbocycles. The van der Waals surface area contributed by atoms with E-state index in [1.54, 1.807) is 11.8 Å². The SMILES string of the molecule is CCOP(=O)(SCC)SCC(C)SC. The highest BCUT2D eigenvalue weighted by molar-refractivity contribution is 8.89. The van der Waals surface area contributed by atoms with Crippen molar-refractivity contribution in [3.8, 4) is 0 Å². The van der Waals surface area contributed by atoms with Crippen molar-refractivity contribution in [2.45, 2.75) is 26.0 Å². The van der Waals surface area contributed by atoms with Gasteiger partial charge in [0.1, 0.15) is 0 Å². The van der Waals surface area contributed by atoms with E-state index < -0.39 is 5.77 Å². The predicted molar refractivity (Wildman–Crippen MR) is 72.8 cm³/mol. The molecule has 2 unspecified atom stereocenters. The van der Waals surface area contributed by atoms with Crippen LogP contribution >= 0.6 is 40.3 Å². The molecule has 6 heteroatoms. The Bertz CT molecular complexity index is 179. The van der Waals surface area contributed by atoms with Gasteiger partial charge in [0.25, 0.3) is 0 Å². The summed E-state index contributed by atoms with van der Waals surface area (Å²) in [4.78, 5) is 0. The third-order valence-electron chi connectivity index (χ3n) is 1.44. The molecule has 0 aromatic rings. The topological polar surface area (TPSA) is 26.3 Å². The van der Waals surface area contributed by atoms with Crippen molar-refractivity contribution in [1.29, 1.82) is 0 Å². The van der Waals surface area contributed by atoms with E-state index in [1.165, 1.54) is 22.8 Å². The standard InChI is InChI=1S/C8H19O2PS3/c1-5-10-11(9,13-6-2)14-7-8(3)12-4/h8H,5-7H2,1-4H3. The summed E-state index contributed by atoms with van der Waals surface area (Å²) in [6.07, 6.45) is 2.07. The molecular weight excluding hydrogens is 255 g/mol. The van der Waals surface area contributed by atoms with Crippen molar-refractivity contribution in [3.05, 3.63) is 0 Å². The van der Waals surface area contributed by atoms with Crippen LogP contribution in [0.15, 0.2) is 0 Å². The van der Waals surface area contributed by atoms with Crippen molar-refractivity contribution >= 4 is 40.3 Å². The number of rotatable bonds is 8. The van der Waals surface area contributed by atoms with Gasteiger partial charge in [-0.1, -0.05) is 36.6 Å². The largest absolute Gasteiger partial charge is 0.314 e. The van der Waals surface area contributed by atoms with E-state index in [2.05, 4.69) is 13.2 Å². The molecule has 0 N–H and O–H groups in total. The zero-order valence-electron chi connectivity index (χ0n) is 9.19. The van der Waals surface area contributed by atoms with Crippen LogP contribution in [-0.4, -0.2) is 29.6 Å². The summed E-state index contributed by atoms with van der Waals surface area (Å²) < 4.78 is 17.5. The van der Waals surface area contributed by atoms with Crippen LogP contribution < -0.4 is 0 Å². The summed E-state index contributed by atoms with van der Waals surface area (Å²) in [7, 11) is 0. The second-order valence-corrected chi connectivity index (χ2v) is 11.6. The van der Waals surface area contributed by atoms with E-state index in [4.69, 9.17) is 4.52 Å². The van der Waals surface area contributed by atoms with Crippen LogP contribution in [0.3, 0.4) is 0 Å². The van der Waals surface area contributed by atoms with Gasteiger partial charge in [0.15, 0.2) is 0 Å². The fraction of sp³-hybridized carbons (Fsp3) is 1.00. The molecule has 0 aliphatic heterocycles. The minimum absolute atomic E-state index is 0.533. The minimum Gasteiger partial charge on any atom is -0.314 e. The van der Waals surface area contributed by atoms with Gasteiger partial charge >= 0.3 is 5.77 Å². The van der Waals surface area contributed by atoms with E-state index in [0.29, 0.717) is 11.9 Å². The molecule has 0 saturated carbocycles. The lowest BCUT2D eigenvalue weighted by molar-refractivity contribution is 0.357. The van der Waals surface area contributed by atoms with Crippen LogP contribution in [0.1, 0.15) is 20.8 Å². The first kappa shape index (κ1) is 15.2. The number of hydrogen-bond donors (Lipinski definition) is 0. The van der Waals surface area contributed by atoms with Gasteiger partial charge in [0.2, 0.25) is 0 Å². The molecule has 0 amide bonds. The molecule has 0 radical (unpaired) electrons. The van der Waals surface area contributed by atoms with Gasteiger partial charge in [0.05, 0.1) is 6.61 Å². The molecule has 0 aromatic heterocycles. The summed E-state index contributed by atoms with van der Waals surface area (Å²) in [6.45, 7) is 6.58. The molecule has 0 fully saturated rings. The van der Waals surface area contributed by atoms with E-state index in [-0.39, 0.29) is 0 Å². The highest BCUT2D eigenvalue weighted by Crippen LogP contribution is 2.69. The summed E-state index contributed by atoms with van der Waals surface area (Å²) in [5.74, 6) is -0.727. The highest BCUT2D eigenvalue weighted by Gasteiger charge is 2.24. The van der Waals surface area contributed by atoms with E-state index in [0.717, 1.165) is 11.5 Å². The maximum absolute atomic E-state index is 12.1. The van der Waals surface area contributed by atoms with E-state index >= 15 is 0 Å². The van der Waals surface area contributed by atoms with Crippen LogP contribution in [0.5, 0.6) is 0 Å². The lowest BCUT2D eigenvalue weighted by Gasteiger charge is -2.16. The van der Waals surface area contributed by atoms with Crippen LogP contribution in [0.4, 0.5) is 0 Å². The van der Waals surface area contributed by atoms with Gasteiger partial charge in [0, 0.05) is 16.8 Å². The van der Waals surface area contributed by atoms with Crippen LogP contribution in [-0.2, 0) is 9.09 Å². The Morgan fingerprint density at radius 3 is 2.43 bits per heavy atom. The molecule has 14 heavy (non-hydrogen) atoms. The van der Waals surface area contributed by atoms with Crippen molar-refractivity contribution < 1.29 is 9.09 Å². The third kappa shape index (κ3) is 6.67. The molecule has 0 spiro atoms. The van der Waals surface area contributed by atoms with Crippen molar-refractivity contribution in [2.75, 3.05) is 24.4 Å². The molecule has 2 nitrogen and oxygen atoms in total. The van der Waals surface area contributed by atoms with E-state index in [9.17, 15) is 4.57 Å². The maximum Gasteiger partial charge on any atom is 0.313 e. The molecular formula is C8H19O2PS3. The lowest BCUT2D eigenvalue weighted by atomic mass is 10.6. The summed E-state index contributed by atoms with van der Waals surface area (Å²) in [5.41, 5.74) is 0. The summed E-state index contributed by atoms with van der Waals surface area (Å²) >= 11 is 4.72. The first-order valence-corrected chi connectivity index (χ1v) is 10.7. The van der Waals surface area contributed by atoms with Crippen molar-refractivity contribution in [2.24, 2.45) is 0 Å². The third-order valence-corrected chi connectivity index (χ3v) is 10.4. The van der Waals surface area contributed by atoms with Crippen LogP contribution in [0, 0.1) is 0 Å². The molecule has 0 saturated heterocycles. The first-order chi connectivity index (χ1) is 6.58. The van der Waals surface area contributed by atoms with Crippen molar-refractivity contribution in [1.82, 2.24) is 0 Å². The summed E-state index contributed by atoms with van der Waals surface area (Å²) in [5, 5.41) is 0.534. The Kier molecular flexibility index (Phi) is 9.14. The zero-order valence-corrected chi connectivity index (χ0v) is 12.5. The van der Waals surface area contributed by atoms with Gasteiger partial charge < -0.3 is 4.52 Å². The lowest BCUT2D eigenvalue weighted by Crippen LogP contribution is -1.98. The van der Waals surface area contributed by atoms with Crippen LogP contribution in [0.25, 0.3) is 0 Å². The summed E-state index contributed by atoms with van der Waals surface area (Å²) in [6, 6.07) is 0. The molecule has 86 valence electrons. The fourth-order valence-electron chi connectivity index (χ4n) is 0.692. The van der Waals surface area contributed by atoms with Crippen LogP contribution in [0.2, 0.25) is 0 Å².